The van der Waals surface area contributed by atoms with Gasteiger partial charge >= 0.3 is 0 Å². The molecule has 16 heavy (non-hydrogen) atoms. The summed E-state index contributed by atoms with van der Waals surface area (Å²) in [4.78, 5) is 24.0. The second-order valence-corrected chi connectivity index (χ2v) is 2.10. The third-order valence-corrected chi connectivity index (χ3v) is 1.21. The van der Waals surface area contributed by atoms with Crippen LogP contribution in [0.25, 0.3) is 0 Å². The molecule has 0 saturated heterocycles. The van der Waals surface area contributed by atoms with Gasteiger partial charge in [0.15, 0.2) is 0 Å². The van der Waals surface area contributed by atoms with Crippen LogP contribution in [-0.2, 0) is 31.5 Å². The van der Waals surface area contributed by atoms with Crippen molar-refractivity contribution in [2.45, 2.75) is 32.6 Å². The topological polar surface area (TPSA) is 51.2 Å². The van der Waals surface area contributed by atoms with Crippen LogP contribution in [0.1, 0.15) is 32.6 Å². The van der Waals surface area contributed by atoms with Crippen LogP contribution in [0, 0.1) is 6.08 Å². The molecule has 0 rings (SSSR count). The molecule has 0 aromatic rings. The van der Waals surface area contributed by atoms with E-state index in [9.17, 15) is 0 Å². The van der Waals surface area contributed by atoms with Gasteiger partial charge in [-0.3, -0.25) is 6.08 Å². The average Bonchev–Trinajstić information content (AvgIpc) is 2.37. The van der Waals surface area contributed by atoms with Crippen molar-refractivity contribution in [1.29, 1.82) is 0 Å². The van der Waals surface area contributed by atoms with Crippen molar-refractivity contribution in [3.05, 3.63) is 24.8 Å². The Morgan fingerprint density at radius 2 is 1.44 bits per heavy atom. The molecule has 0 unspecified atom stereocenters. The van der Waals surface area contributed by atoms with Gasteiger partial charge in [-0.25, -0.2) is 12.2 Å². The summed E-state index contributed by atoms with van der Waals surface area (Å²) < 4.78 is 0. The van der Waals surface area contributed by atoms with E-state index in [-0.39, 0.29) is 17.1 Å². The minimum absolute atomic E-state index is 0. The first-order valence-corrected chi connectivity index (χ1v) is 4.46. The Bertz CT molecular complexity index is 123. The number of unbranched alkanes of at least 4 members (excludes halogenated alkanes) is 3. The van der Waals surface area contributed by atoms with Gasteiger partial charge in [-0.05, 0) is 0 Å². The van der Waals surface area contributed by atoms with Crippen molar-refractivity contribution < 1.29 is 31.5 Å². The van der Waals surface area contributed by atoms with E-state index in [4.69, 9.17) is 14.4 Å². The zero-order valence-electron chi connectivity index (χ0n) is 9.89. The summed E-state index contributed by atoms with van der Waals surface area (Å²) in [7, 11) is 0. The number of hydrogen-bond acceptors (Lipinski definition) is 3. The Hall–Kier alpha value is -0.991. The van der Waals surface area contributed by atoms with Crippen LogP contribution in [-0.4, -0.2) is 20.4 Å². The molecule has 96 valence electrons. The van der Waals surface area contributed by atoms with Crippen molar-refractivity contribution in [3.8, 4) is 0 Å². The predicted molar refractivity (Wildman–Crippen MR) is 63.5 cm³/mol. The molecule has 0 amide bonds. The molecule has 0 bridgehead atoms. The summed E-state index contributed by atoms with van der Waals surface area (Å²) in [5.74, 6) is 0. The first-order chi connectivity index (χ1) is 7.41. The van der Waals surface area contributed by atoms with Crippen molar-refractivity contribution in [3.63, 3.8) is 0 Å². The van der Waals surface area contributed by atoms with Crippen molar-refractivity contribution in [2.24, 2.45) is 0 Å². The Kier molecular flexibility index (Phi) is 121. The Balaban J connectivity index is -0.0000000498. The summed E-state index contributed by atoms with van der Waals surface area (Å²) >= 11 is 0. The molecule has 4 heteroatoms. The van der Waals surface area contributed by atoms with Crippen LogP contribution in [0.4, 0.5) is 0 Å². The maximum Gasteiger partial charge on any atom is 0.106 e. The number of carbonyl (C=O) groups is 3. The largest absolute Gasteiger partial charge is 0.307 e. The fourth-order valence-electron chi connectivity index (χ4n) is 0.679. The van der Waals surface area contributed by atoms with Crippen LogP contribution in [0.5, 0.6) is 0 Å². The molecule has 0 N–H and O–H groups in total. The van der Waals surface area contributed by atoms with Crippen LogP contribution in [0.2, 0.25) is 0 Å². The molecule has 0 aliphatic heterocycles. The molecule has 0 radical (unpaired) electrons. The summed E-state index contributed by atoms with van der Waals surface area (Å²) in [5, 5.41) is 0. The number of allylic oxidation sites excluding steroid dienone is 3. The van der Waals surface area contributed by atoms with Gasteiger partial charge < -0.3 is 14.4 Å². The van der Waals surface area contributed by atoms with E-state index >= 15 is 0 Å². The minimum atomic E-state index is 0. The van der Waals surface area contributed by atoms with Crippen molar-refractivity contribution in [1.82, 2.24) is 0 Å². The fourth-order valence-corrected chi connectivity index (χ4v) is 0.679. The monoisotopic (exact) mass is 269 g/mol. The summed E-state index contributed by atoms with van der Waals surface area (Å²) in [6.45, 7) is 11.7. The first-order valence-electron chi connectivity index (χ1n) is 4.46. The molecular weight excluding hydrogens is 248 g/mol. The average molecular weight is 269 g/mol. The van der Waals surface area contributed by atoms with E-state index in [0.717, 1.165) is 0 Å². The quantitative estimate of drug-likeness (QED) is 0.333. The smallest absolute Gasteiger partial charge is 0.106 e. The predicted octanol–water partition coefficient (Wildman–Crippen LogP) is 2.55. The second-order valence-electron chi connectivity index (χ2n) is 2.10. The van der Waals surface area contributed by atoms with Gasteiger partial charge in [-0.2, -0.15) is 6.58 Å². The van der Waals surface area contributed by atoms with Gasteiger partial charge in [-0.15, -0.1) is 6.42 Å². The SMILES string of the molecule is C=O.C=O.C=O.C=[C-]/C=C/CCCCC.[Fe]. The third-order valence-electron chi connectivity index (χ3n) is 1.21. The van der Waals surface area contributed by atoms with Gasteiger partial charge in [0.25, 0.3) is 0 Å². The second kappa shape index (κ2) is 65.7. The van der Waals surface area contributed by atoms with Gasteiger partial charge in [-0.1, -0.05) is 26.2 Å². The number of rotatable bonds is 5. The van der Waals surface area contributed by atoms with Gasteiger partial charge in [0.05, 0.1) is 0 Å². The zero-order valence-corrected chi connectivity index (χ0v) is 11.0. The van der Waals surface area contributed by atoms with E-state index in [1.54, 1.807) is 0 Å². The maximum atomic E-state index is 8.00. The molecular formula is C12H21FeO3-. The van der Waals surface area contributed by atoms with Crippen LogP contribution >= 0.6 is 0 Å². The Morgan fingerprint density at radius 1 is 1.00 bits per heavy atom. The number of hydrogen-bond donors (Lipinski definition) is 0. The minimum Gasteiger partial charge on any atom is -0.307 e. The van der Waals surface area contributed by atoms with Crippen LogP contribution in [0.3, 0.4) is 0 Å². The third kappa shape index (κ3) is 74.8. The van der Waals surface area contributed by atoms with Gasteiger partial charge in [0.2, 0.25) is 0 Å². The number of carbonyl (C=O) groups excluding carboxylic acids is 3. The Labute approximate surface area is 109 Å². The molecule has 0 saturated carbocycles. The summed E-state index contributed by atoms with van der Waals surface area (Å²) in [6, 6.07) is 0. The van der Waals surface area contributed by atoms with E-state index in [1.807, 2.05) is 26.4 Å². The molecule has 0 aliphatic carbocycles. The molecule has 0 aliphatic rings. The molecule has 0 atom stereocenters. The van der Waals surface area contributed by atoms with Crippen LogP contribution in [0.15, 0.2) is 18.7 Å². The molecule has 0 heterocycles. The summed E-state index contributed by atoms with van der Waals surface area (Å²) in [5.41, 5.74) is 0. The van der Waals surface area contributed by atoms with E-state index in [2.05, 4.69) is 25.7 Å². The van der Waals surface area contributed by atoms with E-state index in [0.29, 0.717) is 0 Å². The van der Waals surface area contributed by atoms with E-state index < -0.39 is 0 Å². The standard InChI is InChI=1S/C9H15.3CH2O.Fe/c1-3-5-7-9-8-6-4-2;3*1-2;/h5,7H,1,4,6,8-9H2,2H3;3*1H2;/q-1;;;;/b7-5+;;;;. The summed E-state index contributed by atoms with van der Waals surface area (Å²) in [6.07, 6.45) is 11.8. The zero-order chi connectivity index (χ0) is 12.9. The molecule has 3 nitrogen and oxygen atoms in total. The van der Waals surface area contributed by atoms with Crippen molar-refractivity contribution in [2.75, 3.05) is 0 Å². The fraction of sp³-hybridized carbons (Fsp3) is 0.417. The Morgan fingerprint density at radius 3 is 1.75 bits per heavy atom. The van der Waals surface area contributed by atoms with E-state index in [1.165, 1.54) is 25.7 Å². The normalized spacial score (nSPS) is 6.56. The maximum absolute atomic E-state index is 8.00. The van der Waals surface area contributed by atoms with Gasteiger partial charge in [0, 0.05) is 17.1 Å². The van der Waals surface area contributed by atoms with Crippen LogP contribution < -0.4 is 0 Å². The first kappa shape index (κ1) is 29.4. The van der Waals surface area contributed by atoms with Crippen molar-refractivity contribution >= 4 is 20.4 Å². The molecule has 0 aromatic carbocycles. The molecule has 0 spiro atoms. The molecule has 0 aromatic heterocycles. The van der Waals surface area contributed by atoms with Gasteiger partial charge in [0.1, 0.15) is 20.4 Å². The molecule has 0 fully saturated rings.